The molecule has 0 heterocycles. The second-order valence-electron chi connectivity index (χ2n) is 5.07. The normalized spacial score (nSPS) is 15.1. The first-order valence-corrected chi connectivity index (χ1v) is 6.20. The third-order valence-electron chi connectivity index (χ3n) is 3.04. The maximum Gasteiger partial charge on any atom is 0.0602 e. The minimum atomic E-state index is 0.375. The molecule has 0 saturated carbocycles. The van der Waals surface area contributed by atoms with Crippen LogP contribution in [0.25, 0.3) is 0 Å². The van der Waals surface area contributed by atoms with E-state index in [2.05, 4.69) is 51.1 Å². The van der Waals surface area contributed by atoms with Gasteiger partial charge in [-0.25, -0.2) is 0 Å². The van der Waals surface area contributed by atoms with Crippen molar-refractivity contribution in [2.24, 2.45) is 11.8 Å². The summed E-state index contributed by atoms with van der Waals surface area (Å²) < 4.78 is 5.60. The van der Waals surface area contributed by atoms with Gasteiger partial charge in [0, 0.05) is 7.11 Å². The molecule has 1 rings (SSSR count). The van der Waals surface area contributed by atoms with Gasteiger partial charge in [-0.05, 0) is 30.2 Å². The van der Waals surface area contributed by atoms with Gasteiger partial charge in [-0.1, -0.05) is 51.1 Å². The minimum absolute atomic E-state index is 0.375. The molecule has 1 unspecified atom stereocenters. The lowest BCUT2D eigenvalue weighted by molar-refractivity contribution is 0.0423. The van der Waals surface area contributed by atoms with E-state index in [9.17, 15) is 0 Å². The molecule has 2 atom stereocenters. The SMILES string of the molecule is CO[C@H](CC(C)C)C(C)Cc1ccccc1. The van der Waals surface area contributed by atoms with E-state index in [-0.39, 0.29) is 0 Å². The highest BCUT2D eigenvalue weighted by atomic mass is 16.5. The Morgan fingerprint density at radius 1 is 1.06 bits per heavy atom. The van der Waals surface area contributed by atoms with E-state index in [1.807, 2.05) is 7.11 Å². The molecule has 0 amide bonds. The molecule has 0 aliphatic carbocycles. The molecule has 1 heteroatoms. The van der Waals surface area contributed by atoms with Crippen LogP contribution in [0.5, 0.6) is 0 Å². The lowest BCUT2D eigenvalue weighted by atomic mass is 9.90. The highest BCUT2D eigenvalue weighted by molar-refractivity contribution is 5.15. The summed E-state index contributed by atoms with van der Waals surface area (Å²) in [4.78, 5) is 0. The van der Waals surface area contributed by atoms with E-state index in [1.165, 1.54) is 5.56 Å². The van der Waals surface area contributed by atoms with Crippen molar-refractivity contribution in [1.29, 1.82) is 0 Å². The van der Waals surface area contributed by atoms with Crippen molar-refractivity contribution in [3.63, 3.8) is 0 Å². The molecule has 1 aromatic carbocycles. The Labute approximate surface area is 99.8 Å². The molecule has 0 fully saturated rings. The van der Waals surface area contributed by atoms with Crippen LogP contribution < -0.4 is 0 Å². The van der Waals surface area contributed by atoms with Crippen LogP contribution in [-0.2, 0) is 11.2 Å². The summed E-state index contributed by atoms with van der Waals surface area (Å²) in [7, 11) is 1.83. The molecule has 0 spiro atoms. The van der Waals surface area contributed by atoms with Crippen LogP contribution in [0.4, 0.5) is 0 Å². The van der Waals surface area contributed by atoms with Crippen molar-refractivity contribution >= 4 is 0 Å². The van der Waals surface area contributed by atoms with E-state index >= 15 is 0 Å². The average molecular weight is 220 g/mol. The topological polar surface area (TPSA) is 9.23 Å². The van der Waals surface area contributed by atoms with Crippen LogP contribution in [0.3, 0.4) is 0 Å². The van der Waals surface area contributed by atoms with Gasteiger partial charge in [0.2, 0.25) is 0 Å². The van der Waals surface area contributed by atoms with Crippen LogP contribution in [0.15, 0.2) is 30.3 Å². The molecule has 0 radical (unpaired) electrons. The number of hydrogen-bond donors (Lipinski definition) is 0. The number of methoxy groups -OCH3 is 1. The van der Waals surface area contributed by atoms with Crippen molar-refractivity contribution in [3.05, 3.63) is 35.9 Å². The number of benzene rings is 1. The first kappa shape index (κ1) is 13.2. The number of rotatable bonds is 6. The highest BCUT2D eigenvalue weighted by Crippen LogP contribution is 2.20. The Balaban J connectivity index is 2.52. The zero-order valence-electron chi connectivity index (χ0n) is 10.9. The Morgan fingerprint density at radius 2 is 1.69 bits per heavy atom. The third-order valence-corrected chi connectivity index (χ3v) is 3.04. The zero-order valence-corrected chi connectivity index (χ0v) is 10.9. The number of ether oxygens (including phenoxy) is 1. The fraction of sp³-hybridized carbons (Fsp3) is 0.600. The minimum Gasteiger partial charge on any atom is -0.381 e. The van der Waals surface area contributed by atoms with Gasteiger partial charge in [0.05, 0.1) is 6.10 Å². The Hall–Kier alpha value is -0.820. The maximum absolute atomic E-state index is 5.60. The maximum atomic E-state index is 5.60. The molecule has 0 bridgehead atoms. The largest absolute Gasteiger partial charge is 0.381 e. The van der Waals surface area contributed by atoms with Crippen molar-refractivity contribution in [1.82, 2.24) is 0 Å². The Bertz CT molecular complexity index is 279. The molecule has 0 saturated heterocycles. The van der Waals surface area contributed by atoms with Crippen molar-refractivity contribution in [2.75, 3.05) is 7.11 Å². The predicted molar refractivity (Wildman–Crippen MR) is 69.6 cm³/mol. The molecule has 90 valence electrons. The Morgan fingerprint density at radius 3 is 2.19 bits per heavy atom. The van der Waals surface area contributed by atoms with Gasteiger partial charge in [0.1, 0.15) is 0 Å². The monoisotopic (exact) mass is 220 g/mol. The molecular formula is C15H24O. The number of hydrogen-bond acceptors (Lipinski definition) is 1. The van der Waals surface area contributed by atoms with Crippen molar-refractivity contribution in [3.8, 4) is 0 Å². The second-order valence-corrected chi connectivity index (χ2v) is 5.07. The second kappa shape index (κ2) is 6.70. The van der Waals surface area contributed by atoms with E-state index in [1.54, 1.807) is 0 Å². The third kappa shape index (κ3) is 4.36. The van der Waals surface area contributed by atoms with Gasteiger partial charge in [0.25, 0.3) is 0 Å². The van der Waals surface area contributed by atoms with Gasteiger partial charge in [-0.15, -0.1) is 0 Å². The van der Waals surface area contributed by atoms with Crippen LogP contribution in [-0.4, -0.2) is 13.2 Å². The molecule has 0 aliphatic heterocycles. The molecule has 0 aromatic heterocycles. The fourth-order valence-electron chi connectivity index (χ4n) is 2.14. The van der Waals surface area contributed by atoms with Gasteiger partial charge in [-0.3, -0.25) is 0 Å². The smallest absolute Gasteiger partial charge is 0.0602 e. The molecule has 0 aliphatic rings. The van der Waals surface area contributed by atoms with Crippen LogP contribution in [0, 0.1) is 11.8 Å². The van der Waals surface area contributed by atoms with E-state index in [0.717, 1.165) is 12.8 Å². The molecule has 16 heavy (non-hydrogen) atoms. The lowest BCUT2D eigenvalue weighted by Crippen LogP contribution is -2.24. The Kier molecular flexibility index (Phi) is 5.54. The van der Waals surface area contributed by atoms with Crippen LogP contribution in [0.1, 0.15) is 32.8 Å². The van der Waals surface area contributed by atoms with E-state index in [4.69, 9.17) is 4.74 Å². The summed E-state index contributed by atoms with van der Waals surface area (Å²) in [6.45, 7) is 6.78. The van der Waals surface area contributed by atoms with Crippen LogP contribution >= 0.6 is 0 Å². The predicted octanol–water partition coefficient (Wildman–Crippen LogP) is 3.93. The van der Waals surface area contributed by atoms with E-state index in [0.29, 0.717) is 17.9 Å². The molecular weight excluding hydrogens is 196 g/mol. The van der Waals surface area contributed by atoms with Crippen LogP contribution in [0.2, 0.25) is 0 Å². The summed E-state index contributed by atoms with van der Waals surface area (Å²) in [5.74, 6) is 1.28. The van der Waals surface area contributed by atoms with Gasteiger partial charge >= 0.3 is 0 Å². The summed E-state index contributed by atoms with van der Waals surface area (Å²) in [6.07, 6.45) is 2.62. The van der Waals surface area contributed by atoms with Crippen molar-refractivity contribution in [2.45, 2.75) is 39.7 Å². The summed E-state index contributed by atoms with van der Waals surface area (Å²) in [5.41, 5.74) is 1.40. The summed E-state index contributed by atoms with van der Waals surface area (Å²) in [6, 6.07) is 10.7. The van der Waals surface area contributed by atoms with Gasteiger partial charge in [-0.2, -0.15) is 0 Å². The highest BCUT2D eigenvalue weighted by Gasteiger charge is 2.18. The van der Waals surface area contributed by atoms with Gasteiger partial charge in [0.15, 0.2) is 0 Å². The van der Waals surface area contributed by atoms with E-state index < -0.39 is 0 Å². The molecule has 0 N–H and O–H groups in total. The fourth-order valence-corrected chi connectivity index (χ4v) is 2.14. The lowest BCUT2D eigenvalue weighted by Gasteiger charge is -2.24. The van der Waals surface area contributed by atoms with Crippen molar-refractivity contribution < 1.29 is 4.74 Å². The van der Waals surface area contributed by atoms with Gasteiger partial charge < -0.3 is 4.74 Å². The zero-order chi connectivity index (χ0) is 12.0. The summed E-state index contributed by atoms with van der Waals surface area (Å²) >= 11 is 0. The molecule has 1 nitrogen and oxygen atoms in total. The quantitative estimate of drug-likeness (QED) is 0.706. The average Bonchev–Trinajstić information content (AvgIpc) is 2.26. The molecule has 1 aromatic rings. The first-order valence-electron chi connectivity index (χ1n) is 6.20. The first-order chi connectivity index (χ1) is 7.63. The standard InChI is InChI=1S/C15H24O/c1-12(2)10-15(16-4)13(3)11-14-8-6-5-7-9-14/h5-9,12-13,15H,10-11H2,1-4H3/t13?,15-/m1/s1. The summed E-state index contributed by atoms with van der Waals surface area (Å²) in [5, 5.41) is 0.